The average molecular weight is 252 g/mol. The molecule has 0 aliphatic carbocycles. The molecule has 1 aromatic rings. The van der Waals surface area contributed by atoms with Crippen LogP contribution in [0.4, 0.5) is 0 Å². The average Bonchev–Trinajstić information content (AvgIpc) is 2.25. The highest BCUT2D eigenvalue weighted by Gasteiger charge is 2.12. The van der Waals surface area contributed by atoms with Gasteiger partial charge in [-0.3, -0.25) is 9.59 Å². The summed E-state index contributed by atoms with van der Waals surface area (Å²) < 4.78 is 0. The topological polar surface area (TPSA) is 98.7 Å². The van der Waals surface area contributed by atoms with E-state index in [-0.39, 0.29) is 35.6 Å². The minimum Gasteiger partial charge on any atom is -0.508 e. The van der Waals surface area contributed by atoms with Crippen molar-refractivity contribution in [2.45, 2.75) is 19.9 Å². The molecular formula is C12H16N2O4. The Balaban J connectivity index is 2.58. The summed E-state index contributed by atoms with van der Waals surface area (Å²) in [5.41, 5.74) is 0.00477. The van der Waals surface area contributed by atoms with Crippen LogP contribution in [0.25, 0.3) is 0 Å². The van der Waals surface area contributed by atoms with Crippen LogP contribution >= 0.6 is 0 Å². The van der Waals surface area contributed by atoms with Gasteiger partial charge in [0.15, 0.2) is 0 Å². The van der Waals surface area contributed by atoms with Crippen molar-refractivity contribution in [2.24, 2.45) is 0 Å². The number of carbonyl (C=O) groups excluding carboxylic acids is 2. The summed E-state index contributed by atoms with van der Waals surface area (Å²) in [6.07, 6.45) is 0. The van der Waals surface area contributed by atoms with E-state index < -0.39 is 5.91 Å². The Hall–Kier alpha value is -2.24. The zero-order valence-corrected chi connectivity index (χ0v) is 10.2. The van der Waals surface area contributed by atoms with Crippen LogP contribution in [0.2, 0.25) is 0 Å². The molecule has 4 N–H and O–H groups in total. The van der Waals surface area contributed by atoms with Gasteiger partial charge in [0, 0.05) is 12.1 Å². The van der Waals surface area contributed by atoms with Crippen molar-refractivity contribution in [2.75, 3.05) is 6.54 Å². The Morgan fingerprint density at radius 1 is 1.28 bits per heavy atom. The predicted octanol–water partition coefficient (Wildman–Crippen LogP) is 0.352. The number of hydrogen-bond donors (Lipinski definition) is 4. The summed E-state index contributed by atoms with van der Waals surface area (Å²) >= 11 is 0. The smallest absolute Gasteiger partial charge is 0.255 e. The second kappa shape index (κ2) is 5.90. The monoisotopic (exact) mass is 252 g/mol. The Kier molecular flexibility index (Phi) is 4.53. The number of carbonyl (C=O) groups is 2. The van der Waals surface area contributed by atoms with Gasteiger partial charge >= 0.3 is 0 Å². The Bertz CT molecular complexity index is 457. The summed E-state index contributed by atoms with van der Waals surface area (Å²) in [6, 6.07) is 3.61. The van der Waals surface area contributed by atoms with E-state index >= 15 is 0 Å². The molecule has 18 heavy (non-hydrogen) atoms. The zero-order valence-electron chi connectivity index (χ0n) is 10.2. The van der Waals surface area contributed by atoms with Gasteiger partial charge in [0.25, 0.3) is 5.91 Å². The van der Waals surface area contributed by atoms with E-state index in [4.69, 9.17) is 5.11 Å². The highest BCUT2D eigenvalue weighted by atomic mass is 16.3. The summed E-state index contributed by atoms with van der Waals surface area (Å²) in [5.74, 6) is -1.36. The molecular weight excluding hydrogens is 236 g/mol. The van der Waals surface area contributed by atoms with E-state index in [0.717, 1.165) is 6.07 Å². The quantitative estimate of drug-likeness (QED) is 0.621. The molecule has 0 aliphatic heterocycles. The Morgan fingerprint density at radius 2 is 1.94 bits per heavy atom. The van der Waals surface area contributed by atoms with Crippen LogP contribution in [0, 0.1) is 0 Å². The van der Waals surface area contributed by atoms with Crippen molar-refractivity contribution >= 4 is 11.8 Å². The van der Waals surface area contributed by atoms with E-state index in [1.54, 1.807) is 0 Å². The number of phenols is 2. The second-order valence-corrected chi connectivity index (χ2v) is 4.11. The van der Waals surface area contributed by atoms with Crippen LogP contribution in [-0.2, 0) is 4.79 Å². The normalized spacial score (nSPS) is 10.2. The number of phenolic OH excluding ortho intramolecular Hbond substituents is 2. The highest BCUT2D eigenvalue weighted by molar-refractivity contribution is 5.98. The zero-order chi connectivity index (χ0) is 13.7. The van der Waals surface area contributed by atoms with Crippen LogP contribution < -0.4 is 10.6 Å². The first-order valence-corrected chi connectivity index (χ1v) is 5.49. The van der Waals surface area contributed by atoms with Crippen LogP contribution in [0.3, 0.4) is 0 Å². The van der Waals surface area contributed by atoms with Crippen LogP contribution in [0.15, 0.2) is 18.2 Å². The standard InChI is InChI=1S/C12H16N2O4/c1-7(2)14-11(17)6-13-12(18)9-4-3-8(15)5-10(9)16/h3-5,7,15-16H,6H2,1-2H3,(H,13,18)(H,14,17). The maximum absolute atomic E-state index is 11.6. The molecule has 1 aromatic carbocycles. The molecule has 2 amide bonds. The van der Waals surface area contributed by atoms with Gasteiger partial charge in [-0.25, -0.2) is 0 Å². The van der Waals surface area contributed by atoms with Gasteiger partial charge < -0.3 is 20.8 Å². The predicted molar refractivity (Wildman–Crippen MR) is 65.4 cm³/mol. The van der Waals surface area contributed by atoms with Crippen molar-refractivity contribution in [3.05, 3.63) is 23.8 Å². The fourth-order valence-electron chi connectivity index (χ4n) is 1.34. The highest BCUT2D eigenvalue weighted by Crippen LogP contribution is 2.22. The van der Waals surface area contributed by atoms with Gasteiger partial charge in [0.05, 0.1) is 12.1 Å². The van der Waals surface area contributed by atoms with Gasteiger partial charge in [-0.15, -0.1) is 0 Å². The van der Waals surface area contributed by atoms with E-state index in [1.807, 2.05) is 13.8 Å². The van der Waals surface area contributed by atoms with Gasteiger partial charge in [0.2, 0.25) is 5.91 Å². The molecule has 1 rings (SSSR count). The van der Waals surface area contributed by atoms with Crippen molar-refractivity contribution in [1.82, 2.24) is 10.6 Å². The fraction of sp³-hybridized carbons (Fsp3) is 0.333. The van der Waals surface area contributed by atoms with E-state index in [1.165, 1.54) is 12.1 Å². The Morgan fingerprint density at radius 3 is 2.50 bits per heavy atom. The molecule has 0 saturated heterocycles. The lowest BCUT2D eigenvalue weighted by atomic mass is 10.2. The van der Waals surface area contributed by atoms with E-state index in [0.29, 0.717) is 0 Å². The minimum absolute atomic E-state index is 0.00326. The summed E-state index contributed by atoms with van der Waals surface area (Å²) in [7, 11) is 0. The van der Waals surface area contributed by atoms with E-state index in [2.05, 4.69) is 10.6 Å². The Labute approximate surface area is 105 Å². The largest absolute Gasteiger partial charge is 0.508 e. The molecule has 0 atom stereocenters. The van der Waals surface area contributed by atoms with Crippen molar-refractivity contribution in [3.63, 3.8) is 0 Å². The third-order valence-electron chi connectivity index (χ3n) is 2.09. The SMILES string of the molecule is CC(C)NC(=O)CNC(=O)c1ccc(O)cc1O. The van der Waals surface area contributed by atoms with Crippen molar-refractivity contribution in [1.29, 1.82) is 0 Å². The lowest BCUT2D eigenvalue weighted by Gasteiger charge is -2.10. The first-order chi connectivity index (χ1) is 8.40. The number of aromatic hydroxyl groups is 2. The van der Waals surface area contributed by atoms with Gasteiger partial charge in [-0.2, -0.15) is 0 Å². The number of benzene rings is 1. The fourth-order valence-corrected chi connectivity index (χ4v) is 1.34. The number of amides is 2. The summed E-state index contributed by atoms with van der Waals surface area (Å²) in [4.78, 5) is 22.9. The van der Waals surface area contributed by atoms with E-state index in [9.17, 15) is 14.7 Å². The number of nitrogens with one attached hydrogen (secondary N) is 2. The lowest BCUT2D eigenvalue weighted by molar-refractivity contribution is -0.120. The molecule has 0 aliphatic rings. The summed E-state index contributed by atoms with van der Waals surface area (Å²) in [5, 5.41) is 23.5. The molecule has 98 valence electrons. The first kappa shape index (κ1) is 13.8. The maximum Gasteiger partial charge on any atom is 0.255 e. The molecule has 6 nitrogen and oxygen atoms in total. The third-order valence-corrected chi connectivity index (χ3v) is 2.09. The molecule has 6 heteroatoms. The number of rotatable bonds is 4. The van der Waals surface area contributed by atoms with Crippen molar-refractivity contribution < 1.29 is 19.8 Å². The lowest BCUT2D eigenvalue weighted by Crippen LogP contribution is -2.39. The molecule has 0 saturated carbocycles. The third kappa shape index (κ3) is 3.97. The van der Waals surface area contributed by atoms with Gasteiger partial charge in [-0.05, 0) is 26.0 Å². The van der Waals surface area contributed by atoms with Crippen LogP contribution in [-0.4, -0.2) is 34.6 Å². The molecule has 0 heterocycles. The second-order valence-electron chi connectivity index (χ2n) is 4.11. The molecule has 0 aromatic heterocycles. The first-order valence-electron chi connectivity index (χ1n) is 5.49. The minimum atomic E-state index is -0.577. The molecule has 0 spiro atoms. The molecule has 0 unspecified atom stereocenters. The molecule has 0 radical (unpaired) electrons. The van der Waals surface area contributed by atoms with Gasteiger partial charge in [-0.1, -0.05) is 0 Å². The molecule has 0 fully saturated rings. The molecule has 0 bridgehead atoms. The number of hydrogen-bond acceptors (Lipinski definition) is 4. The summed E-state index contributed by atoms with van der Waals surface area (Å²) in [6.45, 7) is 3.45. The van der Waals surface area contributed by atoms with Crippen LogP contribution in [0.5, 0.6) is 11.5 Å². The maximum atomic E-state index is 11.6. The van der Waals surface area contributed by atoms with Gasteiger partial charge in [0.1, 0.15) is 11.5 Å². The van der Waals surface area contributed by atoms with Crippen LogP contribution in [0.1, 0.15) is 24.2 Å². The van der Waals surface area contributed by atoms with Crippen molar-refractivity contribution in [3.8, 4) is 11.5 Å².